The monoisotopic (exact) mass is 400 g/mol. The van der Waals surface area contributed by atoms with Gasteiger partial charge in [-0.05, 0) is 24.3 Å². The molecule has 1 aliphatic rings. The van der Waals surface area contributed by atoms with Gasteiger partial charge in [0.05, 0.1) is 13.1 Å². The van der Waals surface area contributed by atoms with E-state index in [9.17, 15) is 9.59 Å². The van der Waals surface area contributed by atoms with E-state index in [0.717, 1.165) is 36.2 Å². The molecule has 1 aliphatic heterocycles. The summed E-state index contributed by atoms with van der Waals surface area (Å²) >= 11 is 5.14. The fourth-order valence-electron chi connectivity index (χ4n) is 2.67. The molecule has 0 unspecified atom stereocenters. The van der Waals surface area contributed by atoms with Gasteiger partial charge in [-0.25, -0.2) is 0 Å². The zero-order valence-electron chi connectivity index (χ0n) is 13.0. The summed E-state index contributed by atoms with van der Waals surface area (Å²) in [5.74, 6) is 0.712. The van der Waals surface area contributed by atoms with Crippen molar-refractivity contribution in [3.05, 3.63) is 28.7 Å². The van der Waals surface area contributed by atoms with E-state index in [2.05, 4.69) is 33.4 Å². The Bertz CT molecular complexity index is 531. The van der Waals surface area contributed by atoms with Crippen molar-refractivity contribution >= 4 is 39.5 Å². The lowest BCUT2D eigenvalue weighted by Gasteiger charge is -2.27. The quantitative estimate of drug-likeness (QED) is 0.459. The van der Waals surface area contributed by atoms with Gasteiger partial charge in [0.1, 0.15) is 0 Å². The van der Waals surface area contributed by atoms with Gasteiger partial charge in [0.15, 0.2) is 6.54 Å². The third-order valence-electron chi connectivity index (χ3n) is 4.01. The molecule has 1 saturated heterocycles. The van der Waals surface area contributed by atoms with E-state index in [-0.39, 0.29) is 17.7 Å². The van der Waals surface area contributed by atoms with E-state index in [1.165, 1.54) is 9.80 Å². The molecule has 23 heavy (non-hydrogen) atoms. The summed E-state index contributed by atoms with van der Waals surface area (Å²) in [4.78, 5) is 25.5. The molecule has 1 aromatic rings. The minimum absolute atomic E-state index is 0.0101. The number of likely N-dealkylation sites (tertiary alicyclic amines) is 1. The second kappa shape index (κ2) is 9.30. The number of benzene rings is 1. The maximum atomic E-state index is 11.9. The first kappa shape index (κ1) is 18.3. The molecule has 1 aromatic carbocycles. The highest BCUT2D eigenvalue weighted by Crippen LogP contribution is 2.19. The predicted molar refractivity (Wildman–Crippen MR) is 95.4 cm³/mol. The molecular formula is C16H23BrN3O2S+. The molecule has 0 aliphatic carbocycles. The Labute approximate surface area is 149 Å². The Hall–Kier alpha value is -1.05. The molecule has 7 heteroatoms. The standard InChI is InChI=1S/C16H22BrN3O2S/c17-13-1-3-14(4-2-13)23-10-7-19-15(21)11-20-8-5-12(6-9-20)16(18)22/h1-4,12H,5-11H2,(H2,18,22)(H,19,21)/p+1. The molecule has 1 heterocycles. The van der Waals surface area contributed by atoms with Crippen LogP contribution in [0.3, 0.4) is 0 Å². The molecule has 2 rings (SSSR count). The van der Waals surface area contributed by atoms with Gasteiger partial charge in [-0.15, -0.1) is 11.8 Å². The molecule has 2 amide bonds. The smallest absolute Gasteiger partial charge is 0.275 e. The maximum absolute atomic E-state index is 11.9. The maximum Gasteiger partial charge on any atom is 0.275 e. The van der Waals surface area contributed by atoms with Crippen LogP contribution in [-0.4, -0.2) is 43.7 Å². The lowest BCUT2D eigenvalue weighted by atomic mass is 9.96. The van der Waals surface area contributed by atoms with Crippen LogP contribution in [0.2, 0.25) is 0 Å². The van der Waals surface area contributed by atoms with Crippen LogP contribution >= 0.6 is 27.7 Å². The number of primary amides is 1. The normalized spacial score (nSPS) is 20.9. The first-order chi connectivity index (χ1) is 11.0. The second-order valence-electron chi connectivity index (χ2n) is 5.76. The predicted octanol–water partition coefficient (Wildman–Crippen LogP) is 0.438. The lowest BCUT2D eigenvalue weighted by molar-refractivity contribution is -0.897. The van der Waals surface area contributed by atoms with E-state index in [1.807, 2.05) is 12.1 Å². The summed E-state index contributed by atoms with van der Waals surface area (Å²) in [7, 11) is 0. The van der Waals surface area contributed by atoms with Crippen LogP contribution in [0, 0.1) is 5.92 Å². The zero-order valence-corrected chi connectivity index (χ0v) is 15.4. The minimum atomic E-state index is -0.210. The molecule has 0 aromatic heterocycles. The van der Waals surface area contributed by atoms with Gasteiger partial charge in [0.25, 0.3) is 5.91 Å². The summed E-state index contributed by atoms with van der Waals surface area (Å²) in [6.07, 6.45) is 1.58. The van der Waals surface area contributed by atoms with Crippen LogP contribution in [0.15, 0.2) is 33.6 Å². The molecule has 0 atom stereocenters. The number of hydrogen-bond donors (Lipinski definition) is 3. The lowest BCUT2D eigenvalue weighted by Crippen LogP contribution is -3.14. The SMILES string of the molecule is NC(=O)C1CC[NH+](CC(=O)NCCSc2ccc(Br)cc2)CC1. The number of piperidine rings is 1. The van der Waals surface area contributed by atoms with E-state index >= 15 is 0 Å². The summed E-state index contributed by atoms with van der Waals surface area (Å²) in [6, 6.07) is 8.15. The van der Waals surface area contributed by atoms with E-state index in [0.29, 0.717) is 13.1 Å². The molecule has 0 bridgehead atoms. The van der Waals surface area contributed by atoms with E-state index < -0.39 is 0 Å². The van der Waals surface area contributed by atoms with Crippen LogP contribution in [0.4, 0.5) is 0 Å². The third-order valence-corrected chi connectivity index (χ3v) is 5.55. The number of carbonyl (C=O) groups is 2. The Kier molecular flexibility index (Phi) is 7.39. The number of nitrogens with one attached hydrogen (secondary N) is 2. The van der Waals surface area contributed by atoms with Crippen molar-refractivity contribution in [1.82, 2.24) is 5.32 Å². The summed E-state index contributed by atoms with van der Waals surface area (Å²) in [5.41, 5.74) is 5.32. The van der Waals surface area contributed by atoms with Gasteiger partial charge < -0.3 is 16.0 Å². The molecule has 0 radical (unpaired) electrons. The highest BCUT2D eigenvalue weighted by atomic mass is 79.9. The highest BCUT2D eigenvalue weighted by molar-refractivity contribution is 9.10. The van der Waals surface area contributed by atoms with Gasteiger partial charge in [-0.2, -0.15) is 0 Å². The van der Waals surface area contributed by atoms with Gasteiger partial charge in [0.2, 0.25) is 5.91 Å². The van der Waals surface area contributed by atoms with Gasteiger partial charge in [0, 0.05) is 40.4 Å². The number of nitrogens with two attached hydrogens (primary N) is 1. The topological polar surface area (TPSA) is 76.6 Å². The molecule has 0 spiro atoms. The molecule has 0 saturated carbocycles. The van der Waals surface area contributed by atoms with Crippen molar-refractivity contribution in [3.8, 4) is 0 Å². The third kappa shape index (κ3) is 6.53. The molecular weight excluding hydrogens is 378 g/mol. The number of amides is 2. The molecule has 4 N–H and O–H groups in total. The minimum Gasteiger partial charge on any atom is -0.369 e. The molecule has 5 nitrogen and oxygen atoms in total. The van der Waals surface area contributed by atoms with Crippen molar-refractivity contribution in [3.63, 3.8) is 0 Å². The Morgan fingerprint density at radius 2 is 1.91 bits per heavy atom. The second-order valence-corrected chi connectivity index (χ2v) is 7.84. The van der Waals surface area contributed by atoms with Crippen molar-refractivity contribution in [1.29, 1.82) is 0 Å². The highest BCUT2D eigenvalue weighted by Gasteiger charge is 2.26. The van der Waals surface area contributed by atoms with Gasteiger partial charge in [-0.1, -0.05) is 15.9 Å². The molecule has 126 valence electrons. The van der Waals surface area contributed by atoms with Crippen molar-refractivity contribution in [2.45, 2.75) is 17.7 Å². The van der Waals surface area contributed by atoms with E-state index in [4.69, 9.17) is 5.73 Å². The Balaban J connectivity index is 1.58. The first-order valence-electron chi connectivity index (χ1n) is 7.82. The van der Waals surface area contributed by atoms with Crippen LogP contribution in [0.5, 0.6) is 0 Å². The van der Waals surface area contributed by atoms with Crippen LogP contribution in [0.1, 0.15) is 12.8 Å². The largest absolute Gasteiger partial charge is 0.369 e. The summed E-state index contributed by atoms with van der Waals surface area (Å²) in [5, 5.41) is 2.96. The number of hydrogen-bond acceptors (Lipinski definition) is 3. The van der Waals surface area contributed by atoms with Crippen molar-refractivity contribution in [2.75, 3.05) is 31.9 Å². The van der Waals surface area contributed by atoms with Crippen LogP contribution < -0.4 is 16.0 Å². The Morgan fingerprint density at radius 3 is 2.52 bits per heavy atom. The summed E-state index contributed by atoms with van der Waals surface area (Å²) < 4.78 is 1.07. The van der Waals surface area contributed by atoms with Crippen LogP contribution in [-0.2, 0) is 9.59 Å². The summed E-state index contributed by atoms with van der Waals surface area (Å²) in [6.45, 7) is 2.83. The number of rotatable bonds is 7. The number of quaternary nitrogens is 1. The van der Waals surface area contributed by atoms with Crippen molar-refractivity contribution in [2.24, 2.45) is 11.7 Å². The van der Waals surface area contributed by atoms with Gasteiger partial charge >= 0.3 is 0 Å². The van der Waals surface area contributed by atoms with Crippen molar-refractivity contribution < 1.29 is 14.5 Å². The van der Waals surface area contributed by atoms with E-state index in [1.54, 1.807) is 11.8 Å². The first-order valence-corrected chi connectivity index (χ1v) is 9.60. The fourth-order valence-corrected chi connectivity index (χ4v) is 3.70. The Morgan fingerprint density at radius 1 is 1.26 bits per heavy atom. The zero-order chi connectivity index (χ0) is 16.7. The van der Waals surface area contributed by atoms with Gasteiger partial charge in [-0.3, -0.25) is 9.59 Å². The molecule has 1 fully saturated rings. The average Bonchev–Trinajstić information content (AvgIpc) is 2.54. The number of carbonyl (C=O) groups excluding carboxylic acids is 2. The number of halogens is 1. The number of thioether (sulfide) groups is 1. The average molecular weight is 401 g/mol. The van der Waals surface area contributed by atoms with Crippen LogP contribution in [0.25, 0.3) is 0 Å². The fraction of sp³-hybridized carbons (Fsp3) is 0.500.